The van der Waals surface area contributed by atoms with Crippen molar-refractivity contribution < 1.29 is 9.72 Å². The molecule has 1 saturated heterocycles. The Balaban J connectivity index is 2.23. The van der Waals surface area contributed by atoms with Gasteiger partial charge in [0.25, 0.3) is 5.69 Å². The summed E-state index contributed by atoms with van der Waals surface area (Å²) in [6, 6.07) is 4.74. The van der Waals surface area contributed by atoms with Gasteiger partial charge in [-0.1, -0.05) is 6.07 Å². The maximum Gasteiger partial charge on any atom is 0.293 e. The Bertz CT molecular complexity index is 573. The van der Waals surface area contributed by atoms with Gasteiger partial charge in [-0.15, -0.1) is 0 Å². The molecular formula is C13H19N5O3. The van der Waals surface area contributed by atoms with E-state index in [1.807, 2.05) is 18.7 Å². The molecule has 1 aromatic carbocycles. The average Bonchev–Trinajstić information content (AvgIpc) is 2.44. The van der Waals surface area contributed by atoms with E-state index in [1.54, 1.807) is 12.1 Å². The Morgan fingerprint density at radius 3 is 2.86 bits per heavy atom. The number of hydrogen-bond donors (Lipinski definition) is 3. The fourth-order valence-corrected chi connectivity index (χ4v) is 2.40. The molecule has 0 atom stereocenters. The number of hydrogen-bond acceptors (Lipinski definition) is 6. The van der Waals surface area contributed by atoms with Crippen molar-refractivity contribution in [2.45, 2.75) is 25.9 Å². The first-order valence-electron chi connectivity index (χ1n) is 6.63. The molecular weight excluding hydrogens is 274 g/mol. The van der Waals surface area contributed by atoms with Gasteiger partial charge in [-0.25, -0.2) is 0 Å². The van der Waals surface area contributed by atoms with Crippen LogP contribution in [0.25, 0.3) is 0 Å². The first-order valence-corrected chi connectivity index (χ1v) is 6.63. The van der Waals surface area contributed by atoms with Crippen molar-refractivity contribution in [1.29, 1.82) is 0 Å². The van der Waals surface area contributed by atoms with Crippen molar-refractivity contribution >= 4 is 17.3 Å². The van der Waals surface area contributed by atoms with Crippen molar-refractivity contribution in [2.75, 3.05) is 18.5 Å². The summed E-state index contributed by atoms with van der Waals surface area (Å²) in [6.45, 7) is 5.55. The largest absolute Gasteiger partial charge is 0.353 e. The molecule has 0 saturated carbocycles. The lowest BCUT2D eigenvalue weighted by molar-refractivity contribution is -0.384. The number of nitrogens with two attached hydrogens (primary N) is 1. The molecule has 1 amide bonds. The third-order valence-corrected chi connectivity index (χ3v) is 3.80. The Kier molecular flexibility index (Phi) is 4.10. The van der Waals surface area contributed by atoms with Gasteiger partial charge in [0.15, 0.2) is 0 Å². The van der Waals surface area contributed by atoms with Gasteiger partial charge in [-0.2, -0.15) is 0 Å². The van der Waals surface area contributed by atoms with Crippen LogP contribution < -0.4 is 16.6 Å². The first kappa shape index (κ1) is 15.2. The number of amides is 1. The summed E-state index contributed by atoms with van der Waals surface area (Å²) in [5, 5.41) is 13.7. The third-order valence-electron chi connectivity index (χ3n) is 3.80. The predicted molar refractivity (Wildman–Crippen MR) is 78.4 cm³/mol. The van der Waals surface area contributed by atoms with Crippen LogP contribution in [0.4, 0.5) is 11.4 Å². The van der Waals surface area contributed by atoms with Crippen LogP contribution in [0.3, 0.4) is 0 Å². The van der Waals surface area contributed by atoms with Gasteiger partial charge < -0.3 is 10.7 Å². The fourth-order valence-electron chi connectivity index (χ4n) is 2.40. The standard InChI is InChI=1S/C13H19N5O3/c1-13(2)12(19)15-5-6-17(13)8-9-3-4-11(18(20)21)10(7-9)16-14/h3-4,7,16H,5-6,8,14H2,1-2H3,(H,15,19). The summed E-state index contributed by atoms with van der Waals surface area (Å²) in [7, 11) is 0. The molecule has 1 aliphatic heterocycles. The minimum atomic E-state index is -0.615. The van der Waals surface area contributed by atoms with Crippen molar-refractivity contribution in [3.05, 3.63) is 33.9 Å². The molecule has 8 nitrogen and oxygen atoms in total. The lowest BCUT2D eigenvalue weighted by Crippen LogP contribution is -2.61. The SMILES string of the molecule is CC1(C)C(=O)NCCN1Cc1ccc([N+](=O)[O-])c(NN)c1. The number of rotatable bonds is 4. The Morgan fingerprint density at radius 2 is 2.24 bits per heavy atom. The summed E-state index contributed by atoms with van der Waals surface area (Å²) in [5.41, 5.74) is 2.78. The van der Waals surface area contributed by atoms with E-state index in [2.05, 4.69) is 10.7 Å². The van der Waals surface area contributed by atoms with Crippen LogP contribution in [-0.4, -0.2) is 34.4 Å². The van der Waals surface area contributed by atoms with Crippen molar-refractivity contribution in [3.63, 3.8) is 0 Å². The zero-order valence-electron chi connectivity index (χ0n) is 12.0. The number of nitro groups is 1. The highest BCUT2D eigenvalue weighted by molar-refractivity contribution is 5.86. The van der Waals surface area contributed by atoms with Crippen LogP contribution in [-0.2, 0) is 11.3 Å². The number of hydrazine groups is 1. The van der Waals surface area contributed by atoms with Gasteiger partial charge in [0.1, 0.15) is 5.69 Å². The number of carbonyl (C=O) groups excluding carboxylic acids is 1. The van der Waals surface area contributed by atoms with Crippen molar-refractivity contribution in [2.24, 2.45) is 5.84 Å². The molecule has 0 spiro atoms. The van der Waals surface area contributed by atoms with Gasteiger partial charge in [0, 0.05) is 25.7 Å². The van der Waals surface area contributed by atoms with Gasteiger partial charge in [0.05, 0.1) is 10.5 Å². The molecule has 1 aliphatic rings. The van der Waals surface area contributed by atoms with Gasteiger partial charge in [0.2, 0.25) is 5.91 Å². The molecule has 21 heavy (non-hydrogen) atoms. The van der Waals surface area contributed by atoms with E-state index < -0.39 is 10.5 Å². The smallest absolute Gasteiger partial charge is 0.293 e. The summed E-state index contributed by atoms with van der Waals surface area (Å²) in [6.07, 6.45) is 0. The minimum absolute atomic E-state index is 0.0205. The van der Waals surface area contributed by atoms with E-state index in [1.165, 1.54) is 6.07 Å². The predicted octanol–water partition coefficient (Wildman–Crippen LogP) is 0.591. The summed E-state index contributed by atoms with van der Waals surface area (Å²) in [4.78, 5) is 24.3. The number of anilines is 1. The van der Waals surface area contributed by atoms with Crippen LogP contribution in [0.2, 0.25) is 0 Å². The fraction of sp³-hybridized carbons (Fsp3) is 0.462. The Morgan fingerprint density at radius 1 is 1.52 bits per heavy atom. The van der Waals surface area contributed by atoms with E-state index in [0.717, 1.165) is 12.1 Å². The molecule has 8 heteroatoms. The molecule has 1 fully saturated rings. The monoisotopic (exact) mass is 293 g/mol. The summed E-state index contributed by atoms with van der Waals surface area (Å²) >= 11 is 0. The second kappa shape index (κ2) is 5.66. The van der Waals surface area contributed by atoms with E-state index in [4.69, 9.17) is 5.84 Å². The average molecular weight is 293 g/mol. The molecule has 1 aromatic rings. The number of nitrogens with one attached hydrogen (secondary N) is 2. The lowest BCUT2D eigenvalue weighted by atomic mass is 9.98. The molecule has 114 valence electrons. The van der Waals surface area contributed by atoms with Crippen LogP contribution in [0.1, 0.15) is 19.4 Å². The lowest BCUT2D eigenvalue weighted by Gasteiger charge is -2.41. The summed E-state index contributed by atoms with van der Waals surface area (Å²) in [5.74, 6) is 5.31. The normalized spacial score (nSPS) is 18.1. The van der Waals surface area contributed by atoms with Crippen molar-refractivity contribution in [3.8, 4) is 0 Å². The number of nitrogens with zero attached hydrogens (tertiary/aromatic N) is 2. The Labute approximate surface area is 122 Å². The minimum Gasteiger partial charge on any atom is -0.353 e. The molecule has 0 bridgehead atoms. The zero-order chi connectivity index (χ0) is 15.6. The van der Waals surface area contributed by atoms with Gasteiger partial charge in [-0.3, -0.25) is 25.7 Å². The maximum absolute atomic E-state index is 11.9. The van der Waals surface area contributed by atoms with E-state index in [-0.39, 0.29) is 17.3 Å². The molecule has 4 N–H and O–H groups in total. The second-order valence-electron chi connectivity index (χ2n) is 5.49. The highest BCUT2D eigenvalue weighted by Gasteiger charge is 2.37. The molecule has 1 heterocycles. The van der Waals surface area contributed by atoms with E-state index in [9.17, 15) is 14.9 Å². The third kappa shape index (κ3) is 2.96. The first-order chi connectivity index (χ1) is 9.86. The van der Waals surface area contributed by atoms with Crippen LogP contribution in [0.15, 0.2) is 18.2 Å². The zero-order valence-corrected chi connectivity index (χ0v) is 12.0. The topological polar surface area (TPSA) is 114 Å². The number of benzene rings is 1. The second-order valence-corrected chi connectivity index (χ2v) is 5.49. The van der Waals surface area contributed by atoms with E-state index in [0.29, 0.717) is 13.1 Å². The summed E-state index contributed by atoms with van der Waals surface area (Å²) < 4.78 is 0. The van der Waals surface area contributed by atoms with Crippen LogP contribution in [0.5, 0.6) is 0 Å². The quantitative estimate of drug-likeness (QED) is 0.425. The van der Waals surface area contributed by atoms with E-state index >= 15 is 0 Å². The Hall–Kier alpha value is -2.19. The number of piperazine rings is 1. The van der Waals surface area contributed by atoms with Crippen LogP contribution >= 0.6 is 0 Å². The highest BCUT2D eigenvalue weighted by Crippen LogP contribution is 2.27. The van der Waals surface area contributed by atoms with Crippen LogP contribution in [0, 0.1) is 10.1 Å². The van der Waals surface area contributed by atoms with Gasteiger partial charge >= 0.3 is 0 Å². The maximum atomic E-state index is 11.9. The molecule has 2 rings (SSSR count). The molecule has 0 radical (unpaired) electrons. The molecule has 0 aliphatic carbocycles. The highest BCUT2D eigenvalue weighted by atomic mass is 16.6. The molecule has 0 aromatic heterocycles. The van der Waals surface area contributed by atoms with Gasteiger partial charge in [-0.05, 0) is 25.5 Å². The molecule has 0 unspecified atom stereocenters. The number of nitro benzene ring substituents is 1. The number of carbonyl (C=O) groups is 1. The van der Waals surface area contributed by atoms with Crippen molar-refractivity contribution in [1.82, 2.24) is 10.2 Å². The number of nitrogen functional groups attached to an aromatic ring is 1.